The molecule has 11 heteroatoms. The summed E-state index contributed by atoms with van der Waals surface area (Å²) in [6.45, 7) is 0.238. The minimum Gasteiger partial charge on any atom is -0.325 e. The third-order valence-electron chi connectivity index (χ3n) is 4.51. The van der Waals surface area contributed by atoms with Crippen LogP contribution in [0.25, 0.3) is 0 Å². The lowest BCUT2D eigenvalue weighted by molar-refractivity contribution is -0.137. The average molecular weight is 432 g/mol. The summed E-state index contributed by atoms with van der Waals surface area (Å²) in [5.74, 6) is -1.05. The molecule has 0 atom stereocenters. The highest BCUT2D eigenvalue weighted by molar-refractivity contribution is 8.00. The van der Waals surface area contributed by atoms with Crippen LogP contribution in [-0.4, -0.2) is 39.5 Å². The molecule has 2 amide bonds. The molecule has 1 saturated heterocycles. The second kappa shape index (κ2) is 8.52. The number of carbonyl (C=O) groups is 1. The first-order chi connectivity index (χ1) is 13.6. The van der Waals surface area contributed by atoms with Crippen molar-refractivity contribution >= 4 is 23.5 Å². The number of benzene rings is 1. The molecule has 156 valence electrons. The van der Waals surface area contributed by atoms with Gasteiger partial charge in [-0.05, 0) is 37.1 Å². The van der Waals surface area contributed by atoms with E-state index in [4.69, 9.17) is 0 Å². The van der Waals surface area contributed by atoms with E-state index in [1.807, 2.05) is 0 Å². The van der Waals surface area contributed by atoms with E-state index in [-0.39, 0.29) is 42.6 Å². The Labute approximate surface area is 167 Å². The van der Waals surface area contributed by atoms with E-state index in [0.29, 0.717) is 5.69 Å². The molecule has 1 aliphatic rings. The lowest BCUT2D eigenvalue weighted by atomic mass is 9.97. The molecule has 0 radical (unpaired) electrons. The zero-order valence-electron chi connectivity index (χ0n) is 15.0. The third-order valence-corrected chi connectivity index (χ3v) is 5.60. The minimum absolute atomic E-state index is 0.0426. The van der Waals surface area contributed by atoms with Gasteiger partial charge in [0, 0.05) is 23.9 Å². The molecule has 1 aliphatic heterocycles. The number of rotatable bonds is 4. The summed E-state index contributed by atoms with van der Waals surface area (Å²) in [6.07, 6.45) is -1.73. The molecule has 29 heavy (non-hydrogen) atoms. The third kappa shape index (κ3) is 5.55. The number of hydrogen-bond acceptors (Lipinski definition) is 4. The van der Waals surface area contributed by atoms with Gasteiger partial charge < -0.3 is 10.2 Å². The van der Waals surface area contributed by atoms with Crippen LogP contribution in [0.3, 0.4) is 0 Å². The Morgan fingerprint density at radius 3 is 2.45 bits per heavy atom. The molecule has 0 saturated carbocycles. The van der Waals surface area contributed by atoms with Crippen molar-refractivity contribution in [2.45, 2.75) is 29.2 Å². The van der Waals surface area contributed by atoms with Gasteiger partial charge in [-0.25, -0.2) is 4.79 Å². The van der Waals surface area contributed by atoms with Crippen LogP contribution in [0.5, 0.6) is 0 Å². The van der Waals surface area contributed by atoms with Crippen molar-refractivity contribution in [2.24, 2.45) is 5.92 Å². The number of halogens is 5. The summed E-state index contributed by atoms with van der Waals surface area (Å²) in [4.78, 5) is 13.5. The van der Waals surface area contributed by atoms with Crippen LogP contribution < -0.4 is 5.32 Å². The van der Waals surface area contributed by atoms with Crippen LogP contribution in [0.2, 0.25) is 0 Å². The van der Waals surface area contributed by atoms with Crippen LogP contribution >= 0.6 is 11.8 Å². The number of hydrogen-bond donors (Lipinski definition) is 1. The Hall–Kier alpha value is -2.43. The van der Waals surface area contributed by atoms with Crippen LogP contribution in [0.4, 0.5) is 32.4 Å². The molecule has 1 aromatic heterocycles. The molecule has 2 aromatic rings. The monoisotopic (exact) mass is 432 g/mol. The van der Waals surface area contributed by atoms with E-state index < -0.39 is 28.9 Å². The topological polar surface area (TPSA) is 58.1 Å². The molecule has 5 nitrogen and oxygen atoms in total. The summed E-state index contributed by atoms with van der Waals surface area (Å²) in [6, 6.07) is 5.05. The van der Waals surface area contributed by atoms with E-state index in [9.17, 15) is 26.7 Å². The van der Waals surface area contributed by atoms with E-state index in [1.54, 1.807) is 6.07 Å². The quantitative estimate of drug-likeness (QED) is 0.538. The SMILES string of the molecule is O=C(Nc1ccnnc1)N1CCC(C(F)(F)Sc2cccc(C(F)(F)F)c2)CC1. The highest BCUT2D eigenvalue weighted by Crippen LogP contribution is 2.46. The highest BCUT2D eigenvalue weighted by Gasteiger charge is 2.43. The van der Waals surface area contributed by atoms with Crippen LogP contribution in [0.1, 0.15) is 18.4 Å². The van der Waals surface area contributed by atoms with Gasteiger partial charge in [0.15, 0.2) is 0 Å². The van der Waals surface area contributed by atoms with E-state index in [1.165, 1.54) is 23.4 Å². The first-order valence-electron chi connectivity index (χ1n) is 8.72. The Morgan fingerprint density at radius 1 is 1.10 bits per heavy atom. The van der Waals surface area contributed by atoms with Crippen LogP contribution in [0.15, 0.2) is 47.6 Å². The zero-order chi connectivity index (χ0) is 21.1. The van der Waals surface area contributed by atoms with Crippen molar-refractivity contribution in [1.82, 2.24) is 15.1 Å². The van der Waals surface area contributed by atoms with Crippen molar-refractivity contribution in [2.75, 3.05) is 18.4 Å². The van der Waals surface area contributed by atoms with Crippen LogP contribution in [-0.2, 0) is 6.18 Å². The number of nitrogens with one attached hydrogen (secondary N) is 1. The van der Waals surface area contributed by atoms with E-state index in [2.05, 4.69) is 15.5 Å². The fourth-order valence-electron chi connectivity index (χ4n) is 2.96. The number of urea groups is 1. The Kier molecular flexibility index (Phi) is 6.25. The van der Waals surface area contributed by atoms with Gasteiger partial charge in [-0.1, -0.05) is 17.8 Å². The molecule has 0 unspecified atom stereocenters. The summed E-state index contributed by atoms with van der Waals surface area (Å²) in [7, 11) is 0. The Bertz CT molecular complexity index is 842. The van der Waals surface area contributed by atoms with E-state index >= 15 is 0 Å². The van der Waals surface area contributed by atoms with Gasteiger partial charge in [-0.3, -0.25) is 0 Å². The zero-order valence-corrected chi connectivity index (χ0v) is 15.8. The van der Waals surface area contributed by atoms with Gasteiger partial charge in [0.05, 0.1) is 23.6 Å². The van der Waals surface area contributed by atoms with Gasteiger partial charge in [0.25, 0.3) is 0 Å². The summed E-state index contributed by atoms with van der Waals surface area (Å²) in [5.41, 5.74) is -0.520. The average Bonchev–Trinajstić information content (AvgIpc) is 2.68. The van der Waals surface area contributed by atoms with Gasteiger partial charge in [-0.15, -0.1) is 0 Å². The molecular weight excluding hydrogens is 415 g/mol. The molecule has 1 N–H and O–H groups in total. The fourth-order valence-corrected chi connectivity index (χ4v) is 4.01. The van der Waals surface area contributed by atoms with Crippen molar-refractivity contribution in [1.29, 1.82) is 0 Å². The summed E-state index contributed by atoms with van der Waals surface area (Å²) in [5, 5.41) is 6.59. The summed E-state index contributed by atoms with van der Waals surface area (Å²) >= 11 is 0.127. The number of aromatic nitrogens is 2. The van der Waals surface area contributed by atoms with Crippen molar-refractivity contribution < 1.29 is 26.7 Å². The molecule has 0 spiro atoms. The predicted molar refractivity (Wildman–Crippen MR) is 97.6 cm³/mol. The van der Waals surface area contributed by atoms with Gasteiger partial charge in [-0.2, -0.15) is 32.1 Å². The number of piperidine rings is 1. The first-order valence-corrected chi connectivity index (χ1v) is 9.53. The number of nitrogens with zero attached hydrogens (tertiary/aromatic N) is 3. The van der Waals surface area contributed by atoms with Crippen molar-refractivity contribution in [3.05, 3.63) is 48.3 Å². The minimum atomic E-state index is -4.59. The lowest BCUT2D eigenvalue weighted by Gasteiger charge is -2.35. The molecule has 1 fully saturated rings. The van der Waals surface area contributed by atoms with Crippen molar-refractivity contribution in [3.8, 4) is 0 Å². The second-order valence-electron chi connectivity index (χ2n) is 6.51. The van der Waals surface area contributed by atoms with Crippen LogP contribution in [0, 0.1) is 5.92 Å². The number of alkyl halides is 5. The number of amides is 2. The molecular formula is C18H17F5N4OS. The highest BCUT2D eigenvalue weighted by atomic mass is 32.2. The van der Waals surface area contributed by atoms with E-state index in [0.717, 1.165) is 18.2 Å². The maximum Gasteiger partial charge on any atom is 0.416 e. The summed E-state index contributed by atoms with van der Waals surface area (Å²) < 4.78 is 67.6. The standard InChI is InChI=1S/C18H17F5N4OS/c19-17(20,21)13-2-1-3-15(10-13)29-18(22,23)12-5-8-27(9-6-12)16(28)26-14-4-7-24-25-11-14/h1-4,7,10-12H,5-6,8-9H2,(H,24,26,28). The normalized spacial score (nSPS) is 16.0. The number of likely N-dealkylation sites (tertiary alicyclic amines) is 1. The van der Waals surface area contributed by atoms with Gasteiger partial charge in [0.2, 0.25) is 0 Å². The molecule has 3 rings (SSSR count). The molecule has 0 bridgehead atoms. The van der Waals surface area contributed by atoms with Crippen molar-refractivity contribution in [3.63, 3.8) is 0 Å². The smallest absolute Gasteiger partial charge is 0.325 e. The molecule has 1 aromatic carbocycles. The Balaban J connectivity index is 1.57. The Morgan fingerprint density at radius 2 is 1.83 bits per heavy atom. The number of thioether (sulfide) groups is 1. The largest absolute Gasteiger partial charge is 0.416 e. The number of carbonyl (C=O) groups excluding carboxylic acids is 1. The predicted octanol–water partition coefficient (Wildman–Crippen LogP) is 5.12. The first kappa shape index (κ1) is 21.3. The maximum atomic E-state index is 14.6. The van der Waals surface area contributed by atoms with Gasteiger partial charge in [0.1, 0.15) is 0 Å². The maximum absolute atomic E-state index is 14.6. The van der Waals surface area contributed by atoms with Gasteiger partial charge >= 0.3 is 17.5 Å². The molecule has 2 heterocycles. The molecule has 0 aliphatic carbocycles. The lowest BCUT2D eigenvalue weighted by Crippen LogP contribution is -2.44. The fraction of sp³-hybridized carbons (Fsp3) is 0.389. The number of anilines is 1. The second-order valence-corrected chi connectivity index (χ2v) is 7.73.